The topological polar surface area (TPSA) is 84.5 Å². The molecule has 4 rings (SSSR count). The van der Waals surface area contributed by atoms with Crippen molar-refractivity contribution >= 4 is 0 Å². The predicted octanol–water partition coefficient (Wildman–Crippen LogP) is 2.05. The first-order valence-corrected chi connectivity index (χ1v) is 10.7. The minimum absolute atomic E-state index is 0.0829. The molecule has 0 aromatic heterocycles. The molecule has 31 heavy (non-hydrogen) atoms. The molecule has 0 saturated carbocycles. The Hall–Kier alpha value is -2.52. The number of nitrogens with zero attached hydrogens (tertiary/aromatic N) is 1. The van der Waals surface area contributed by atoms with E-state index in [9.17, 15) is 5.11 Å². The zero-order valence-corrected chi connectivity index (χ0v) is 18.1. The number of benzene rings is 2. The molecule has 2 aliphatic rings. The van der Waals surface area contributed by atoms with E-state index in [4.69, 9.17) is 18.9 Å². The summed E-state index contributed by atoms with van der Waals surface area (Å²) in [5.41, 5.74) is 8.44. The molecule has 0 aliphatic carbocycles. The van der Waals surface area contributed by atoms with E-state index in [2.05, 4.69) is 15.8 Å². The van der Waals surface area contributed by atoms with Crippen LogP contribution in [-0.4, -0.2) is 70.2 Å². The average Bonchev–Trinajstić information content (AvgIpc) is 3.29. The highest BCUT2D eigenvalue weighted by molar-refractivity contribution is 5.47. The molecule has 168 valence electrons. The van der Waals surface area contributed by atoms with E-state index in [-0.39, 0.29) is 17.7 Å². The lowest BCUT2D eigenvalue weighted by Crippen LogP contribution is -2.38. The first kappa shape index (κ1) is 21.7. The van der Waals surface area contributed by atoms with Gasteiger partial charge in [-0.05, 0) is 23.8 Å². The molecule has 8 heteroatoms. The lowest BCUT2D eigenvalue weighted by Gasteiger charge is -2.26. The number of ether oxygens (including phenoxy) is 4. The summed E-state index contributed by atoms with van der Waals surface area (Å²) in [4.78, 5) is 2.32. The molecule has 3 N–H and O–H groups in total. The minimum Gasteiger partial charge on any atom is -0.507 e. The standard InChI is InChI=1S/C23H31N3O5/c1-28-21-6-3-16(13-22(21)29-2)19-15-24-25-23(19)18-5-4-17(14-20(18)27)31-12-9-26-7-10-30-11-8-26/h3-6,13-14,19,23-25,27H,7-12,15H2,1-2H3. The number of hydrazine groups is 1. The van der Waals surface area contributed by atoms with Crippen LogP contribution < -0.4 is 25.1 Å². The number of hydrogen-bond acceptors (Lipinski definition) is 8. The van der Waals surface area contributed by atoms with Crippen molar-refractivity contribution in [3.63, 3.8) is 0 Å². The molecule has 2 heterocycles. The van der Waals surface area contributed by atoms with Gasteiger partial charge in [-0.25, -0.2) is 5.43 Å². The van der Waals surface area contributed by atoms with Crippen LogP contribution in [0.5, 0.6) is 23.0 Å². The van der Waals surface area contributed by atoms with Gasteiger partial charge in [0.25, 0.3) is 0 Å². The van der Waals surface area contributed by atoms with Gasteiger partial charge in [-0.15, -0.1) is 0 Å². The van der Waals surface area contributed by atoms with Gasteiger partial charge in [0.15, 0.2) is 11.5 Å². The number of nitrogens with one attached hydrogen (secondary N) is 2. The quantitative estimate of drug-likeness (QED) is 0.588. The smallest absolute Gasteiger partial charge is 0.160 e. The normalized spacial score (nSPS) is 21.7. The van der Waals surface area contributed by atoms with Gasteiger partial charge in [0.05, 0.1) is 33.5 Å². The van der Waals surface area contributed by atoms with Gasteiger partial charge in [0.1, 0.15) is 18.1 Å². The Morgan fingerprint density at radius 2 is 1.87 bits per heavy atom. The molecule has 2 unspecified atom stereocenters. The Kier molecular flexibility index (Phi) is 7.14. The van der Waals surface area contributed by atoms with E-state index in [1.54, 1.807) is 20.3 Å². The van der Waals surface area contributed by atoms with Crippen LogP contribution in [0.1, 0.15) is 23.1 Å². The molecule has 2 fully saturated rings. The van der Waals surface area contributed by atoms with Crippen molar-refractivity contribution in [2.24, 2.45) is 0 Å². The van der Waals surface area contributed by atoms with Crippen molar-refractivity contribution < 1.29 is 24.1 Å². The second kappa shape index (κ2) is 10.2. The third-order valence-electron chi connectivity index (χ3n) is 5.93. The summed E-state index contributed by atoms with van der Waals surface area (Å²) in [5.74, 6) is 2.40. The Labute approximate surface area is 183 Å². The van der Waals surface area contributed by atoms with Crippen LogP contribution >= 0.6 is 0 Å². The van der Waals surface area contributed by atoms with Gasteiger partial charge in [0.2, 0.25) is 0 Å². The van der Waals surface area contributed by atoms with Crippen molar-refractivity contribution in [1.29, 1.82) is 0 Å². The SMILES string of the molecule is COc1ccc(C2CNNC2c2ccc(OCCN3CCOCC3)cc2O)cc1OC. The number of morpholine rings is 1. The predicted molar refractivity (Wildman–Crippen MR) is 117 cm³/mol. The van der Waals surface area contributed by atoms with Gasteiger partial charge in [-0.3, -0.25) is 10.3 Å². The highest BCUT2D eigenvalue weighted by atomic mass is 16.5. The van der Waals surface area contributed by atoms with Crippen LogP contribution in [0.2, 0.25) is 0 Å². The number of methoxy groups -OCH3 is 2. The van der Waals surface area contributed by atoms with E-state index in [1.165, 1.54) is 0 Å². The average molecular weight is 430 g/mol. The van der Waals surface area contributed by atoms with Crippen molar-refractivity contribution in [2.45, 2.75) is 12.0 Å². The first-order valence-electron chi connectivity index (χ1n) is 10.7. The maximum Gasteiger partial charge on any atom is 0.160 e. The van der Waals surface area contributed by atoms with Crippen LogP contribution in [0.15, 0.2) is 36.4 Å². The van der Waals surface area contributed by atoms with Gasteiger partial charge in [-0.2, -0.15) is 0 Å². The van der Waals surface area contributed by atoms with Crippen LogP contribution in [0, 0.1) is 0 Å². The highest BCUT2D eigenvalue weighted by Gasteiger charge is 2.32. The second-order valence-electron chi connectivity index (χ2n) is 7.75. The lowest BCUT2D eigenvalue weighted by atomic mass is 9.88. The molecular formula is C23H31N3O5. The summed E-state index contributed by atoms with van der Waals surface area (Å²) in [6.45, 7) is 5.59. The van der Waals surface area contributed by atoms with E-state index in [0.717, 1.165) is 50.5 Å². The molecular weight excluding hydrogens is 398 g/mol. The minimum atomic E-state index is -0.0829. The molecule has 8 nitrogen and oxygen atoms in total. The zero-order valence-electron chi connectivity index (χ0n) is 18.1. The summed E-state index contributed by atoms with van der Waals surface area (Å²) in [6.07, 6.45) is 0. The summed E-state index contributed by atoms with van der Waals surface area (Å²) in [6, 6.07) is 11.4. The Morgan fingerprint density at radius 1 is 1.06 bits per heavy atom. The van der Waals surface area contributed by atoms with Gasteiger partial charge in [0, 0.05) is 43.7 Å². The second-order valence-corrected chi connectivity index (χ2v) is 7.75. The number of hydrogen-bond donors (Lipinski definition) is 3. The Balaban J connectivity index is 1.43. The summed E-state index contributed by atoms with van der Waals surface area (Å²) in [5, 5.41) is 10.7. The molecule has 2 aromatic carbocycles. The molecule has 0 amide bonds. The highest BCUT2D eigenvalue weighted by Crippen LogP contribution is 2.40. The number of phenolic OH excluding ortho intramolecular Hbond substituents is 1. The van der Waals surface area contributed by atoms with Crippen molar-refractivity contribution in [3.05, 3.63) is 47.5 Å². The number of rotatable bonds is 8. The van der Waals surface area contributed by atoms with Gasteiger partial charge < -0.3 is 24.1 Å². The van der Waals surface area contributed by atoms with E-state index in [0.29, 0.717) is 23.9 Å². The Bertz CT molecular complexity index is 872. The Morgan fingerprint density at radius 3 is 2.61 bits per heavy atom. The van der Waals surface area contributed by atoms with Crippen molar-refractivity contribution in [1.82, 2.24) is 15.8 Å². The molecule has 2 aliphatic heterocycles. The van der Waals surface area contributed by atoms with E-state index >= 15 is 0 Å². The number of aromatic hydroxyl groups is 1. The molecule has 0 bridgehead atoms. The zero-order chi connectivity index (χ0) is 21.6. The molecule has 2 atom stereocenters. The van der Waals surface area contributed by atoms with Crippen LogP contribution in [0.4, 0.5) is 0 Å². The van der Waals surface area contributed by atoms with Crippen molar-refractivity contribution in [2.75, 3.05) is 60.2 Å². The van der Waals surface area contributed by atoms with E-state index in [1.807, 2.05) is 30.3 Å². The summed E-state index contributed by atoms with van der Waals surface area (Å²) < 4.78 is 22.0. The molecule has 2 aromatic rings. The number of phenols is 1. The fraction of sp³-hybridized carbons (Fsp3) is 0.478. The molecule has 2 saturated heterocycles. The molecule has 0 spiro atoms. The summed E-state index contributed by atoms with van der Waals surface area (Å²) >= 11 is 0. The van der Waals surface area contributed by atoms with Crippen molar-refractivity contribution in [3.8, 4) is 23.0 Å². The molecule has 0 radical (unpaired) electrons. The third kappa shape index (κ3) is 5.04. The van der Waals surface area contributed by atoms with Gasteiger partial charge in [-0.1, -0.05) is 12.1 Å². The van der Waals surface area contributed by atoms with Crippen LogP contribution in [-0.2, 0) is 4.74 Å². The van der Waals surface area contributed by atoms with Crippen LogP contribution in [0.3, 0.4) is 0 Å². The fourth-order valence-corrected chi connectivity index (χ4v) is 4.18. The first-order chi connectivity index (χ1) is 15.2. The van der Waals surface area contributed by atoms with E-state index < -0.39 is 0 Å². The maximum atomic E-state index is 10.7. The summed E-state index contributed by atoms with van der Waals surface area (Å²) in [7, 11) is 3.26. The lowest BCUT2D eigenvalue weighted by molar-refractivity contribution is 0.0322. The fourth-order valence-electron chi connectivity index (χ4n) is 4.18. The largest absolute Gasteiger partial charge is 0.507 e. The monoisotopic (exact) mass is 429 g/mol. The van der Waals surface area contributed by atoms with Crippen LogP contribution in [0.25, 0.3) is 0 Å². The van der Waals surface area contributed by atoms with Gasteiger partial charge >= 0.3 is 0 Å². The maximum absolute atomic E-state index is 10.7. The third-order valence-corrected chi connectivity index (χ3v) is 5.93.